The lowest BCUT2D eigenvalue weighted by Crippen LogP contribution is -3.08. The molecule has 3 aromatic rings. The minimum absolute atomic E-state index is 0.484. The van der Waals surface area contributed by atoms with E-state index in [2.05, 4.69) is 6.07 Å². The topological polar surface area (TPSA) is 51.0 Å². The van der Waals surface area contributed by atoms with Gasteiger partial charge in [0.25, 0.3) is 0 Å². The lowest BCUT2D eigenvalue weighted by Gasteiger charge is -2.11. The molecular weight excluding hydrogens is 413 g/mol. The lowest BCUT2D eigenvalue weighted by molar-refractivity contribution is -0.903. The Balaban J connectivity index is 2.12. The van der Waals surface area contributed by atoms with E-state index in [1.165, 1.54) is 0 Å². The molecule has 28 heavy (non-hydrogen) atoms. The molecule has 0 aliphatic carbocycles. The number of quaternary nitrogens is 1. The summed E-state index contributed by atoms with van der Waals surface area (Å²) < 4.78 is 4.28. The van der Waals surface area contributed by atoms with Crippen molar-refractivity contribution >= 4 is 35.4 Å². The van der Waals surface area contributed by atoms with Crippen molar-refractivity contribution in [1.29, 1.82) is 5.26 Å². The van der Waals surface area contributed by atoms with E-state index in [9.17, 15) is 0 Å². The van der Waals surface area contributed by atoms with Crippen molar-refractivity contribution < 1.29 is 4.90 Å². The number of nitrogens with zero attached hydrogens (tertiary/aromatic N) is 4. The standard InChI is InChI=1S/C20H19Cl2N5S/c1-14-4-9-17(12-18(14)22)27-19(15-5-7-16(21)8-6-15)24-26(20(27)28)13-25(2)11-3-10-23/h4-9,12H,3,11,13H2,1-2H3/p+1. The van der Waals surface area contributed by atoms with E-state index in [-0.39, 0.29) is 0 Å². The summed E-state index contributed by atoms with van der Waals surface area (Å²) in [4.78, 5) is 1.15. The molecule has 1 heterocycles. The van der Waals surface area contributed by atoms with Crippen molar-refractivity contribution in [2.75, 3.05) is 13.6 Å². The van der Waals surface area contributed by atoms with Crippen LogP contribution < -0.4 is 4.90 Å². The molecule has 0 spiro atoms. The Morgan fingerprint density at radius 2 is 1.89 bits per heavy atom. The Hall–Kier alpha value is -2.17. The monoisotopic (exact) mass is 432 g/mol. The van der Waals surface area contributed by atoms with Gasteiger partial charge in [0.2, 0.25) is 4.77 Å². The van der Waals surface area contributed by atoms with Crippen LogP contribution in [0.25, 0.3) is 17.1 Å². The molecule has 8 heteroatoms. The summed E-state index contributed by atoms with van der Waals surface area (Å²) in [5.41, 5.74) is 2.75. The number of aromatic nitrogens is 3. The number of aryl methyl sites for hydroxylation is 1. The molecule has 0 fully saturated rings. The Labute approximate surface area is 179 Å². The summed E-state index contributed by atoms with van der Waals surface area (Å²) in [6.45, 7) is 3.24. The van der Waals surface area contributed by atoms with E-state index in [0.717, 1.165) is 34.1 Å². The first-order valence-electron chi connectivity index (χ1n) is 8.81. The second kappa shape index (κ2) is 8.89. The predicted molar refractivity (Wildman–Crippen MR) is 115 cm³/mol. The highest BCUT2D eigenvalue weighted by atomic mass is 35.5. The van der Waals surface area contributed by atoms with Gasteiger partial charge in [-0.2, -0.15) is 9.94 Å². The molecule has 1 unspecified atom stereocenters. The molecule has 1 N–H and O–H groups in total. The molecule has 0 aliphatic rings. The van der Waals surface area contributed by atoms with Gasteiger partial charge in [0.05, 0.1) is 31.8 Å². The Kier molecular flexibility index (Phi) is 6.53. The first-order valence-corrected chi connectivity index (χ1v) is 9.97. The fourth-order valence-corrected chi connectivity index (χ4v) is 3.45. The first-order chi connectivity index (χ1) is 13.4. The maximum Gasteiger partial charge on any atom is 0.207 e. The van der Waals surface area contributed by atoms with Crippen LogP contribution in [0.3, 0.4) is 0 Å². The van der Waals surface area contributed by atoms with Crippen molar-refractivity contribution in [2.45, 2.75) is 20.0 Å². The van der Waals surface area contributed by atoms with Gasteiger partial charge in [-0.3, -0.25) is 4.57 Å². The van der Waals surface area contributed by atoms with Crippen LogP contribution in [0, 0.1) is 23.0 Å². The van der Waals surface area contributed by atoms with Gasteiger partial charge in [-0.25, -0.2) is 0 Å². The summed E-state index contributed by atoms with van der Waals surface area (Å²) in [6.07, 6.45) is 0.484. The van der Waals surface area contributed by atoms with E-state index in [4.69, 9.17) is 45.8 Å². The molecule has 3 rings (SSSR count). The highest BCUT2D eigenvalue weighted by Crippen LogP contribution is 2.26. The van der Waals surface area contributed by atoms with Gasteiger partial charge in [-0.1, -0.05) is 29.3 Å². The summed E-state index contributed by atoms with van der Waals surface area (Å²) in [7, 11) is 2.02. The van der Waals surface area contributed by atoms with E-state index >= 15 is 0 Å². The molecule has 0 amide bonds. The maximum absolute atomic E-state index is 8.82. The summed E-state index contributed by atoms with van der Waals surface area (Å²) >= 11 is 18.1. The van der Waals surface area contributed by atoms with Crippen LogP contribution in [0.15, 0.2) is 42.5 Å². The fraction of sp³-hybridized carbons (Fsp3) is 0.250. The number of halogens is 2. The van der Waals surface area contributed by atoms with Gasteiger partial charge in [0.15, 0.2) is 12.5 Å². The quantitative estimate of drug-likeness (QED) is 0.597. The van der Waals surface area contributed by atoms with Crippen molar-refractivity contribution in [3.63, 3.8) is 0 Å². The van der Waals surface area contributed by atoms with Crippen molar-refractivity contribution in [2.24, 2.45) is 0 Å². The average Bonchev–Trinajstić information content (AvgIpc) is 2.99. The molecule has 0 radical (unpaired) electrons. The van der Waals surface area contributed by atoms with Gasteiger partial charge in [-0.05, 0) is 61.1 Å². The zero-order chi connectivity index (χ0) is 20.3. The molecule has 2 aromatic carbocycles. The molecule has 1 atom stereocenters. The number of nitriles is 1. The maximum atomic E-state index is 8.82. The minimum Gasteiger partial charge on any atom is -0.318 e. The van der Waals surface area contributed by atoms with Crippen molar-refractivity contribution in [3.8, 4) is 23.1 Å². The number of nitrogens with one attached hydrogen (secondary N) is 1. The molecule has 0 aliphatic heterocycles. The zero-order valence-corrected chi connectivity index (χ0v) is 17.9. The fourth-order valence-electron chi connectivity index (χ4n) is 2.85. The van der Waals surface area contributed by atoms with Gasteiger partial charge in [0.1, 0.15) is 0 Å². The SMILES string of the molecule is Cc1ccc(-n2c(-c3ccc(Cl)cc3)nn(C[NH+](C)CCC#N)c2=S)cc1Cl. The first kappa shape index (κ1) is 20.6. The summed E-state index contributed by atoms with van der Waals surface area (Å²) in [5, 5.41) is 14.9. The smallest absolute Gasteiger partial charge is 0.207 e. The van der Waals surface area contributed by atoms with Crippen LogP contribution in [-0.2, 0) is 6.67 Å². The second-order valence-corrected chi connectivity index (χ2v) is 7.86. The van der Waals surface area contributed by atoms with Gasteiger partial charge < -0.3 is 4.90 Å². The number of hydrogen-bond acceptors (Lipinski definition) is 3. The predicted octanol–water partition coefficient (Wildman–Crippen LogP) is 4.07. The zero-order valence-electron chi connectivity index (χ0n) is 15.6. The third-order valence-corrected chi connectivity index (χ3v) is 5.49. The van der Waals surface area contributed by atoms with E-state index in [0.29, 0.717) is 27.9 Å². The Bertz CT molecular complexity index is 1080. The Morgan fingerprint density at radius 1 is 1.18 bits per heavy atom. The van der Waals surface area contributed by atoms with Crippen LogP contribution in [0.2, 0.25) is 10.0 Å². The lowest BCUT2D eigenvalue weighted by atomic mass is 10.2. The van der Waals surface area contributed by atoms with Crippen LogP contribution in [-0.4, -0.2) is 27.9 Å². The molecule has 0 saturated carbocycles. The van der Waals surface area contributed by atoms with E-state index in [1.54, 1.807) is 4.68 Å². The molecule has 0 saturated heterocycles. The second-order valence-electron chi connectivity index (χ2n) is 6.65. The highest BCUT2D eigenvalue weighted by molar-refractivity contribution is 7.71. The van der Waals surface area contributed by atoms with Gasteiger partial charge >= 0.3 is 0 Å². The number of hydrogen-bond donors (Lipinski definition) is 1. The largest absolute Gasteiger partial charge is 0.318 e. The number of benzene rings is 2. The van der Waals surface area contributed by atoms with Gasteiger partial charge in [-0.15, -0.1) is 5.10 Å². The average molecular weight is 433 g/mol. The normalized spacial score (nSPS) is 12.0. The van der Waals surface area contributed by atoms with E-state index in [1.807, 2.05) is 61.0 Å². The third-order valence-electron chi connectivity index (χ3n) is 4.44. The van der Waals surface area contributed by atoms with Crippen LogP contribution in [0.4, 0.5) is 0 Å². The number of rotatable bonds is 6. The molecule has 1 aromatic heterocycles. The van der Waals surface area contributed by atoms with E-state index < -0.39 is 0 Å². The molecule has 5 nitrogen and oxygen atoms in total. The molecular formula is C20H20Cl2N5S+. The van der Waals surface area contributed by atoms with Crippen LogP contribution >= 0.6 is 35.4 Å². The van der Waals surface area contributed by atoms with Crippen LogP contribution in [0.5, 0.6) is 0 Å². The Morgan fingerprint density at radius 3 is 2.54 bits per heavy atom. The van der Waals surface area contributed by atoms with Crippen molar-refractivity contribution in [1.82, 2.24) is 14.3 Å². The van der Waals surface area contributed by atoms with Crippen molar-refractivity contribution in [3.05, 3.63) is 62.8 Å². The highest BCUT2D eigenvalue weighted by Gasteiger charge is 2.17. The van der Waals surface area contributed by atoms with Gasteiger partial charge in [0, 0.05) is 15.6 Å². The van der Waals surface area contributed by atoms with Crippen LogP contribution in [0.1, 0.15) is 12.0 Å². The minimum atomic E-state index is 0.484. The molecule has 0 bridgehead atoms. The summed E-state index contributed by atoms with van der Waals surface area (Å²) in [5.74, 6) is 0.717. The summed E-state index contributed by atoms with van der Waals surface area (Å²) in [6, 6.07) is 15.5. The molecule has 144 valence electrons. The third kappa shape index (κ3) is 4.45.